The van der Waals surface area contributed by atoms with Gasteiger partial charge >= 0.3 is 12.0 Å². The van der Waals surface area contributed by atoms with Crippen LogP contribution in [0, 0.1) is 0 Å². The molecule has 3 aromatic rings. The lowest BCUT2D eigenvalue weighted by molar-refractivity contribution is 0.0698. The summed E-state index contributed by atoms with van der Waals surface area (Å²) in [6.07, 6.45) is 2.21. The van der Waals surface area contributed by atoms with Crippen molar-refractivity contribution in [1.82, 2.24) is 14.9 Å². The van der Waals surface area contributed by atoms with Crippen LogP contribution < -0.4 is 14.8 Å². The Hall–Kier alpha value is -4.01. The molecule has 2 heterocycles. The van der Waals surface area contributed by atoms with Gasteiger partial charge in [0, 0.05) is 24.7 Å². The molecule has 0 bridgehead atoms. The SMILES string of the molecule is COc1cc(OC)cc([C@H]2c3nc[nH]c3CCN2C(=O)Nc2ccccc2C(=O)O)c1. The van der Waals surface area contributed by atoms with Crippen LogP contribution in [0.5, 0.6) is 11.5 Å². The van der Waals surface area contributed by atoms with E-state index in [9.17, 15) is 14.7 Å². The summed E-state index contributed by atoms with van der Waals surface area (Å²) in [5, 5.41) is 12.2. The van der Waals surface area contributed by atoms with E-state index in [1.807, 2.05) is 12.1 Å². The zero-order chi connectivity index (χ0) is 22.0. The zero-order valence-electron chi connectivity index (χ0n) is 17.1. The van der Waals surface area contributed by atoms with Gasteiger partial charge in [-0.15, -0.1) is 0 Å². The van der Waals surface area contributed by atoms with E-state index in [1.165, 1.54) is 6.07 Å². The minimum Gasteiger partial charge on any atom is -0.497 e. The van der Waals surface area contributed by atoms with Crippen molar-refractivity contribution in [3.63, 3.8) is 0 Å². The van der Waals surface area contributed by atoms with Gasteiger partial charge in [0.25, 0.3) is 0 Å². The summed E-state index contributed by atoms with van der Waals surface area (Å²) in [7, 11) is 3.12. The highest BCUT2D eigenvalue weighted by atomic mass is 16.5. The maximum atomic E-state index is 13.3. The van der Waals surface area contributed by atoms with Gasteiger partial charge in [-0.2, -0.15) is 0 Å². The number of aromatic nitrogens is 2. The summed E-state index contributed by atoms with van der Waals surface area (Å²) in [4.78, 5) is 34.0. The highest BCUT2D eigenvalue weighted by molar-refractivity contribution is 6.00. The normalized spacial score (nSPS) is 15.2. The molecule has 2 amide bonds. The zero-order valence-corrected chi connectivity index (χ0v) is 17.1. The van der Waals surface area contributed by atoms with E-state index < -0.39 is 18.0 Å². The van der Waals surface area contributed by atoms with Crippen LogP contribution in [0.3, 0.4) is 0 Å². The largest absolute Gasteiger partial charge is 0.497 e. The Morgan fingerprint density at radius 2 is 1.87 bits per heavy atom. The van der Waals surface area contributed by atoms with E-state index in [4.69, 9.17) is 9.47 Å². The molecule has 3 N–H and O–H groups in total. The number of amides is 2. The fourth-order valence-corrected chi connectivity index (χ4v) is 3.79. The third kappa shape index (κ3) is 3.89. The van der Waals surface area contributed by atoms with Crippen LogP contribution in [0.25, 0.3) is 0 Å². The number of anilines is 1. The molecule has 0 unspecified atom stereocenters. The number of H-pyrrole nitrogens is 1. The van der Waals surface area contributed by atoms with E-state index >= 15 is 0 Å². The number of hydrogen-bond acceptors (Lipinski definition) is 5. The Morgan fingerprint density at radius 1 is 1.16 bits per heavy atom. The third-order valence-electron chi connectivity index (χ3n) is 5.27. The molecule has 4 rings (SSSR count). The second-order valence-electron chi connectivity index (χ2n) is 7.04. The molecule has 9 nitrogen and oxygen atoms in total. The molecule has 1 aliphatic rings. The van der Waals surface area contributed by atoms with Crippen LogP contribution in [0.15, 0.2) is 48.8 Å². The average molecular weight is 422 g/mol. The molecule has 0 fully saturated rings. The van der Waals surface area contributed by atoms with Gasteiger partial charge in [-0.3, -0.25) is 0 Å². The van der Waals surface area contributed by atoms with Crippen molar-refractivity contribution < 1.29 is 24.2 Å². The number of nitrogens with one attached hydrogen (secondary N) is 2. The molecule has 0 saturated carbocycles. The number of methoxy groups -OCH3 is 2. The minimum atomic E-state index is -1.11. The quantitative estimate of drug-likeness (QED) is 0.581. The first-order chi connectivity index (χ1) is 15.0. The maximum absolute atomic E-state index is 13.3. The van der Waals surface area contributed by atoms with Crippen LogP contribution in [0.2, 0.25) is 0 Å². The number of imidazole rings is 1. The van der Waals surface area contributed by atoms with Gasteiger partial charge in [0.1, 0.15) is 17.5 Å². The molecule has 2 aromatic carbocycles. The second kappa shape index (κ2) is 8.39. The van der Waals surface area contributed by atoms with Crippen molar-refractivity contribution in [3.8, 4) is 11.5 Å². The predicted octanol–water partition coefficient (Wildman–Crippen LogP) is 3.30. The lowest BCUT2D eigenvalue weighted by Gasteiger charge is -2.35. The van der Waals surface area contributed by atoms with Crippen LogP contribution in [0.1, 0.15) is 33.4 Å². The van der Waals surface area contributed by atoms with E-state index in [1.54, 1.807) is 49.7 Å². The predicted molar refractivity (Wildman–Crippen MR) is 113 cm³/mol. The first-order valence-corrected chi connectivity index (χ1v) is 9.67. The number of fused-ring (bicyclic) bond motifs is 1. The lowest BCUT2D eigenvalue weighted by Crippen LogP contribution is -2.43. The van der Waals surface area contributed by atoms with E-state index in [0.29, 0.717) is 24.5 Å². The number of benzene rings is 2. The number of aromatic carboxylic acids is 1. The van der Waals surface area contributed by atoms with Crippen molar-refractivity contribution in [3.05, 3.63) is 71.3 Å². The number of carbonyl (C=O) groups is 2. The van der Waals surface area contributed by atoms with Gasteiger partial charge in [0.2, 0.25) is 0 Å². The fourth-order valence-electron chi connectivity index (χ4n) is 3.79. The summed E-state index contributed by atoms with van der Waals surface area (Å²) >= 11 is 0. The molecular weight excluding hydrogens is 400 g/mol. The number of carboxylic acid groups (broad SMARTS) is 1. The summed E-state index contributed by atoms with van der Waals surface area (Å²) in [6, 6.07) is 10.8. The topological polar surface area (TPSA) is 117 Å². The average Bonchev–Trinajstić information content (AvgIpc) is 3.27. The Labute approximate surface area is 178 Å². The molecule has 1 aliphatic heterocycles. The van der Waals surface area contributed by atoms with E-state index in [-0.39, 0.29) is 11.3 Å². The molecule has 1 atom stereocenters. The van der Waals surface area contributed by atoms with Crippen LogP contribution in [0.4, 0.5) is 10.5 Å². The summed E-state index contributed by atoms with van der Waals surface area (Å²) in [6.45, 7) is 0.417. The van der Waals surface area contributed by atoms with Crippen LogP contribution in [-0.4, -0.2) is 52.7 Å². The highest BCUT2D eigenvalue weighted by Crippen LogP contribution is 2.37. The number of para-hydroxylation sites is 1. The Kier molecular flexibility index (Phi) is 5.48. The molecule has 0 spiro atoms. The monoisotopic (exact) mass is 422 g/mol. The summed E-state index contributed by atoms with van der Waals surface area (Å²) in [5.74, 6) is 0.0698. The van der Waals surface area contributed by atoms with Crippen molar-refractivity contribution in [2.24, 2.45) is 0 Å². The Balaban J connectivity index is 1.74. The molecule has 9 heteroatoms. The number of carboxylic acids is 1. The number of urea groups is 1. The summed E-state index contributed by atoms with van der Waals surface area (Å²) in [5.41, 5.74) is 2.69. The van der Waals surface area contributed by atoms with Crippen LogP contribution >= 0.6 is 0 Å². The Morgan fingerprint density at radius 3 is 2.55 bits per heavy atom. The number of aromatic amines is 1. The minimum absolute atomic E-state index is 0.0212. The second-order valence-corrected chi connectivity index (χ2v) is 7.04. The lowest BCUT2D eigenvalue weighted by atomic mass is 9.95. The van der Waals surface area contributed by atoms with Crippen LogP contribution in [-0.2, 0) is 6.42 Å². The first-order valence-electron chi connectivity index (χ1n) is 9.67. The van der Waals surface area contributed by atoms with Gasteiger partial charge < -0.3 is 29.8 Å². The van der Waals surface area contributed by atoms with Gasteiger partial charge in [0.15, 0.2) is 0 Å². The number of nitrogens with zero attached hydrogens (tertiary/aromatic N) is 2. The fraction of sp³-hybridized carbons (Fsp3) is 0.227. The van der Waals surface area contributed by atoms with Crippen molar-refractivity contribution >= 4 is 17.7 Å². The van der Waals surface area contributed by atoms with Gasteiger partial charge in [0.05, 0.1) is 37.5 Å². The molecular formula is C22H22N4O5. The molecule has 31 heavy (non-hydrogen) atoms. The Bertz CT molecular complexity index is 1100. The molecule has 0 aliphatic carbocycles. The molecule has 160 valence electrons. The maximum Gasteiger partial charge on any atom is 0.337 e. The molecule has 1 aromatic heterocycles. The van der Waals surface area contributed by atoms with E-state index in [2.05, 4.69) is 15.3 Å². The number of ether oxygens (including phenoxy) is 2. The van der Waals surface area contributed by atoms with Gasteiger partial charge in [-0.1, -0.05) is 12.1 Å². The number of hydrogen-bond donors (Lipinski definition) is 3. The van der Waals surface area contributed by atoms with Gasteiger partial charge in [-0.25, -0.2) is 14.6 Å². The standard InChI is InChI=1S/C22H22N4O5/c1-30-14-9-13(10-15(11-14)31-2)20-19-18(23-12-24-19)7-8-26(20)22(29)25-17-6-4-3-5-16(17)21(27)28/h3-6,9-12,20H,7-8H2,1-2H3,(H,23,24)(H,25,29)(H,27,28)/t20-/m0/s1. The van der Waals surface area contributed by atoms with Gasteiger partial charge in [-0.05, 0) is 29.8 Å². The highest BCUT2D eigenvalue weighted by Gasteiger charge is 2.35. The smallest absolute Gasteiger partial charge is 0.337 e. The summed E-state index contributed by atoms with van der Waals surface area (Å²) < 4.78 is 10.8. The first kappa shape index (κ1) is 20.3. The van der Waals surface area contributed by atoms with Crippen molar-refractivity contribution in [1.29, 1.82) is 0 Å². The number of carbonyl (C=O) groups excluding carboxylic acids is 1. The number of rotatable bonds is 5. The molecule has 0 saturated heterocycles. The van der Waals surface area contributed by atoms with Crippen molar-refractivity contribution in [2.75, 3.05) is 26.1 Å². The van der Waals surface area contributed by atoms with Crippen molar-refractivity contribution in [2.45, 2.75) is 12.5 Å². The third-order valence-corrected chi connectivity index (χ3v) is 5.27. The van der Waals surface area contributed by atoms with E-state index in [0.717, 1.165) is 17.0 Å². The molecule has 0 radical (unpaired) electrons.